The second kappa shape index (κ2) is 5.62. The van der Waals surface area contributed by atoms with E-state index in [4.69, 9.17) is 0 Å². The van der Waals surface area contributed by atoms with Crippen molar-refractivity contribution < 1.29 is 49.2 Å². The molecular formula is C9H11Cl2Hf. The van der Waals surface area contributed by atoms with Crippen molar-refractivity contribution in [2.75, 3.05) is 0 Å². The minimum absolute atomic E-state index is 0. The first-order valence-electron chi connectivity index (χ1n) is 3.95. The summed E-state index contributed by atoms with van der Waals surface area (Å²) in [7, 11) is 0. The number of fused-ring (bicyclic) bond motifs is 1. The Hall–Kier alpha value is 0.930. The first-order valence-corrected chi connectivity index (χ1v) is 6.03. The maximum absolute atomic E-state index is 2.36. The third-order valence-corrected chi connectivity index (χ3v) is 4.76. The fraction of sp³-hybridized carbons (Fsp3) is 0.556. The van der Waals surface area contributed by atoms with Gasteiger partial charge in [0, 0.05) is 0 Å². The van der Waals surface area contributed by atoms with E-state index in [9.17, 15) is 0 Å². The summed E-state index contributed by atoms with van der Waals surface area (Å²) < 4.78 is 1.01. The van der Waals surface area contributed by atoms with Crippen LogP contribution in [0.2, 0.25) is 3.67 Å². The van der Waals surface area contributed by atoms with Crippen LogP contribution in [-0.2, 0) is 24.4 Å². The van der Waals surface area contributed by atoms with Gasteiger partial charge in [-0.15, -0.1) is 0 Å². The van der Waals surface area contributed by atoms with Crippen molar-refractivity contribution in [3.8, 4) is 0 Å². The SMILES string of the molecule is [Cl-].[Cl-].[Hf+2][CH]1CCC2CC=CC=C12. The molecule has 0 N–H and O–H groups in total. The molecule has 1 saturated carbocycles. The molecule has 0 saturated heterocycles. The topological polar surface area (TPSA) is 0 Å². The molecule has 65 valence electrons. The van der Waals surface area contributed by atoms with Crippen molar-refractivity contribution in [3.05, 3.63) is 23.8 Å². The summed E-state index contributed by atoms with van der Waals surface area (Å²) >= 11 is 1.37. The quantitative estimate of drug-likeness (QED) is 0.392. The van der Waals surface area contributed by atoms with Crippen LogP contribution in [0.25, 0.3) is 0 Å². The van der Waals surface area contributed by atoms with Crippen LogP contribution >= 0.6 is 0 Å². The molecule has 2 aliphatic rings. The van der Waals surface area contributed by atoms with Crippen molar-refractivity contribution in [1.29, 1.82) is 0 Å². The van der Waals surface area contributed by atoms with Gasteiger partial charge in [0.25, 0.3) is 0 Å². The van der Waals surface area contributed by atoms with E-state index in [0.717, 1.165) is 9.59 Å². The first kappa shape index (κ1) is 12.9. The van der Waals surface area contributed by atoms with E-state index in [-0.39, 0.29) is 24.8 Å². The summed E-state index contributed by atoms with van der Waals surface area (Å²) in [5, 5.41) is 0. The van der Waals surface area contributed by atoms with Gasteiger partial charge in [-0.05, 0) is 0 Å². The summed E-state index contributed by atoms with van der Waals surface area (Å²) in [5.41, 5.74) is 1.77. The molecule has 0 bridgehead atoms. The average Bonchev–Trinajstić information content (AvgIpc) is 2.34. The van der Waals surface area contributed by atoms with E-state index in [1.807, 2.05) is 0 Å². The van der Waals surface area contributed by atoms with Crippen LogP contribution in [0.15, 0.2) is 23.8 Å². The van der Waals surface area contributed by atoms with E-state index in [1.54, 1.807) is 5.57 Å². The molecule has 1 fully saturated rings. The molecule has 0 spiro atoms. The van der Waals surface area contributed by atoms with Crippen LogP contribution in [0, 0.1) is 5.92 Å². The Morgan fingerprint density at radius 1 is 1.25 bits per heavy atom. The van der Waals surface area contributed by atoms with Gasteiger partial charge in [-0.3, -0.25) is 0 Å². The molecule has 0 heterocycles. The molecule has 2 atom stereocenters. The number of hydrogen-bond acceptors (Lipinski definition) is 0. The maximum atomic E-state index is 2.36. The number of rotatable bonds is 0. The van der Waals surface area contributed by atoms with Crippen molar-refractivity contribution in [2.24, 2.45) is 5.92 Å². The van der Waals surface area contributed by atoms with Crippen LogP contribution in [0.3, 0.4) is 0 Å². The van der Waals surface area contributed by atoms with Gasteiger partial charge in [0.1, 0.15) is 0 Å². The Bertz CT molecular complexity index is 199. The van der Waals surface area contributed by atoms with Crippen molar-refractivity contribution >= 4 is 0 Å². The zero-order chi connectivity index (χ0) is 6.97. The van der Waals surface area contributed by atoms with Gasteiger partial charge in [0.05, 0.1) is 0 Å². The summed E-state index contributed by atoms with van der Waals surface area (Å²) in [5.74, 6) is 0.951. The summed E-state index contributed by atoms with van der Waals surface area (Å²) in [6.45, 7) is 0. The molecule has 0 radical (unpaired) electrons. The zero-order valence-corrected chi connectivity index (χ0v) is 11.9. The van der Waals surface area contributed by atoms with Gasteiger partial charge in [0.2, 0.25) is 0 Å². The Balaban J connectivity index is 0.000000605. The number of halogens is 2. The Labute approximate surface area is 101 Å². The molecule has 0 aliphatic heterocycles. The van der Waals surface area contributed by atoms with E-state index in [0.29, 0.717) is 0 Å². The van der Waals surface area contributed by atoms with E-state index >= 15 is 0 Å². The van der Waals surface area contributed by atoms with Crippen LogP contribution in [0.1, 0.15) is 19.3 Å². The van der Waals surface area contributed by atoms with Crippen LogP contribution < -0.4 is 24.8 Å². The van der Waals surface area contributed by atoms with E-state index in [1.165, 1.54) is 43.6 Å². The third-order valence-electron chi connectivity index (χ3n) is 2.52. The summed E-state index contributed by atoms with van der Waals surface area (Å²) in [6.07, 6.45) is 11.2. The molecule has 0 aromatic carbocycles. The predicted molar refractivity (Wildman–Crippen MR) is 38.3 cm³/mol. The average molecular weight is 369 g/mol. The monoisotopic (exact) mass is 369 g/mol. The zero-order valence-electron chi connectivity index (χ0n) is 6.76. The van der Waals surface area contributed by atoms with Crippen LogP contribution in [0.5, 0.6) is 0 Å². The second-order valence-electron chi connectivity index (χ2n) is 3.16. The molecule has 0 amide bonds. The van der Waals surface area contributed by atoms with Gasteiger partial charge in [0.15, 0.2) is 0 Å². The Morgan fingerprint density at radius 3 is 2.67 bits per heavy atom. The molecule has 0 aromatic rings. The molecule has 2 aliphatic carbocycles. The van der Waals surface area contributed by atoms with Crippen molar-refractivity contribution in [1.82, 2.24) is 0 Å². The minimum atomic E-state index is 0. The fourth-order valence-electron chi connectivity index (χ4n) is 1.91. The van der Waals surface area contributed by atoms with Gasteiger partial charge in [-0.25, -0.2) is 0 Å². The fourth-order valence-corrected chi connectivity index (χ4v) is 3.71. The normalized spacial score (nSPS) is 31.3. The van der Waals surface area contributed by atoms with Gasteiger partial charge < -0.3 is 24.8 Å². The Morgan fingerprint density at radius 2 is 2.00 bits per heavy atom. The molecule has 2 rings (SSSR count). The molecular weight excluding hydrogens is 357 g/mol. The van der Waals surface area contributed by atoms with Gasteiger partial charge in [-0.1, -0.05) is 0 Å². The number of hydrogen-bond donors (Lipinski definition) is 0. The standard InChI is InChI=1S/C9H11.2ClH.Hf/c1-2-5-9-7-3-6-8(9)4-1;;;/h1-2,4,6,9H,3,5,7H2;2*1H;/q;;;+2/p-2. The van der Waals surface area contributed by atoms with Crippen LogP contribution in [-0.4, -0.2) is 0 Å². The second-order valence-corrected chi connectivity index (χ2v) is 5.66. The summed E-state index contributed by atoms with van der Waals surface area (Å²) in [6, 6.07) is 0. The molecule has 0 nitrogen and oxygen atoms in total. The van der Waals surface area contributed by atoms with E-state index in [2.05, 4.69) is 18.2 Å². The number of allylic oxidation sites excluding steroid dienone is 4. The Kier molecular flexibility index (Phi) is 6.05. The summed E-state index contributed by atoms with van der Waals surface area (Å²) in [4.78, 5) is 0. The third kappa shape index (κ3) is 2.46. The van der Waals surface area contributed by atoms with Gasteiger partial charge in [-0.2, -0.15) is 0 Å². The molecule has 2 unspecified atom stereocenters. The molecule has 12 heavy (non-hydrogen) atoms. The van der Waals surface area contributed by atoms with Gasteiger partial charge >= 0.3 is 77.0 Å². The molecule has 0 aromatic heterocycles. The first-order chi connectivity index (χ1) is 4.88. The molecule has 3 heteroatoms. The van der Waals surface area contributed by atoms with Crippen LogP contribution in [0.4, 0.5) is 0 Å². The predicted octanol–water partition coefficient (Wildman–Crippen LogP) is -3.37. The van der Waals surface area contributed by atoms with Crippen molar-refractivity contribution in [2.45, 2.75) is 22.9 Å². The van der Waals surface area contributed by atoms with E-state index < -0.39 is 0 Å². The van der Waals surface area contributed by atoms with Crippen molar-refractivity contribution in [3.63, 3.8) is 0 Å².